The number of rotatable bonds is 5. The van der Waals surface area contributed by atoms with Crippen molar-refractivity contribution in [1.29, 1.82) is 0 Å². The molecule has 0 bridgehead atoms. The Bertz CT molecular complexity index is 148. The van der Waals surface area contributed by atoms with Gasteiger partial charge in [0, 0.05) is 0 Å². The van der Waals surface area contributed by atoms with Gasteiger partial charge in [0.2, 0.25) is 0 Å². The molecule has 0 unspecified atom stereocenters. The second-order valence-corrected chi connectivity index (χ2v) is 5.86. The van der Waals surface area contributed by atoms with Gasteiger partial charge in [-0.25, -0.2) is 0 Å². The van der Waals surface area contributed by atoms with E-state index in [1.807, 2.05) is 0 Å². The van der Waals surface area contributed by atoms with Gasteiger partial charge in [-0.2, -0.15) is 0 Å². The standard InChI is InChI=1S/C11H26B2/c1-6-7-8-10(4,5)11(12,13)9(2)3/h9H,6-8,12-13H2,1-5H3. The molecule has 0 nitrogen and oxygen atoms in total. The van der Waals surface area contributed by atoms with E-state index in [1.54, 1.807) is 0 Å². The third-order valence-electron chi connectivity index (χ3n) is 4.34. The van der Waals surface area contributed by atoms with E-state index in [0.29, 0.717) is 10.6 Å². The molecule has 0 amide bonds. The van der Waals surface area contributed by atoms with Crippen LogP contribution in [0, 0.1) is 11.3 Å². The Morgan fingerprint density at radius 3 is 1.92 bits per heavy atom. The highest BCUT2D eigenvalue weighted by Gasteiger charge is 2.38. The Morgan fingerprint density at radius 1 is 1.15 bits per heavy atom. The molecule has 0 radical (unpaired) electrons. The summed E-state index contributed by atoms with van der Waals surface area (Å²) in [5.74, 6) is 0.763. The van der Waals surface area contributed by atoms with Crippen LogP contribution >= 0.6 is 0 Å². The highest BCUT2D eigenvalue weighted by Crippen LogP contribution is 2.48. The Morgan fingerprint density at radius 2 is 1.62 bits per heavy atom. The highest BCUT2D eigenvalue weighted by molar-refractivity contribution is 6.40. The molecule has 0 spiro atoms. The SMILES string of the molecule is BC(B)(C(C)C)C(C)(C)CCCC. The molecule has 0 saturated heterocycles. The second-order valence-electron chi connectivity index (χ2n) is 5.86. The van der Waals surface area contributed by atoms with Gasteiger partial charge >= 0.3 is 0 Å². The summed E-state index contributed by atoms with van der Waals surface area (Å²) in [6, 6.07) is 0. The van der Waals surface area contributed by atoms with Crippen molar-refractivity contribution in [3.63, 3.8) is 0 Å². The van der Waals surface area contributed by atoms with Gasteiger partial charge in [-0.1, -0.05) is 58.6 Å². The van der Waals surface area contributed by atoms with Crippen LogP contribution in [0.4, 0.5) is 0 Å². The summed E-state index contributed by atoms with van der Waals surface area (Å²) in [4.78, 5) is 0. The first-order valence-corrected chi connectivity index (χ1v) is 5.75. The summed E-state index contributed by atoms with van der Waals surface area (Å²) >= 11 is 0. The average Bonchev–Trinajstić information content (AvgIpc) is 2.00. The lowest BCUT2D eigenvalue weighted by molar-refractivity contribution is 0.228. The van der Waals surface area contributed by atoms with Crippen LogP contribution in [0.15, 0.2) is 0 Å². The quantitative estimate of drug-likeness (QED) is 0.569. The van der Waals surface area contributed by atoms with Crippen LogP contribution in [0.25, 0.3) is 0 Å². The molecule has 0 aromatic carbocycles. The van der Waals surface area contributed by atoms with Crippen LogP contribution in [0.5, 0.6) is 0 Å². The van der Waals surface area contributed by atoms with Gasteiger partial charge < -0.3 is 0 Å². The molecule has 0 aliphatic heterocycles. The lowest BCUT2D eigenvalue weighted by Gasteiger charge is -2.45. The Hall–Kier alpha value is 0.130. The Balaban J connectivity index is 4.41. The highest BCUT2D eigenvalue weighted by atomic mass is 14.4. The molecule has 13 heavy (non-hydrogen) atoms. The molecule has 0 aromatic heterocycles. The van der Waals surface area contributed by atoms with E-state index in [4.69, 9.17) is 0 Å². The van der Waals surface area contributed by atoms with Crippen molar-refractivity contribution in [2.24, 2.45) is 11.3 Å². The third-order valence-corrected chi connectivity index (χ3v) is 4.34. The molecule has 0 atom stereocenters. The lowest BCUT2D eigenvalue weighted by Crippen LogP contribution is -2.36. The molecule has 2 heteroatoms. The molecular formula is C11H26B2. The molecular weight excluding hydrogens is 154 g/mol. The maximum Gasteiger partial charge on any atom is 0.100 e. The van der Waals surface area contributed by atoms with Gasteiger partial charge in [0.15, 0.2) is 0 Å². The summed E-state index contributed by atoms with van der Waals surface area (Å²) in [5, 5.41) is 0.447. The van der Waals surface area contributed by atoms with Crippen molar-refractivity contribution in [2.45, 2.75) is 59.1 Å². The van der Waals surface area contributed by atoms with Crippen molar-refractivity contribution in [1.82, 2.24) is 0 Å². The Labute approximate surface area is 86.7 Å². The minimum atomic E-state index is 0.447. The first-order valence-electron chi connectivity index (χ1n) is 5.75. The molecule has 0 aromatic rings. The summed E-state index contributed by atoms with van der Waals surface area (Å²) in [6.07, 6.45) is 4.04. The minimum Gasteiger partial charge on any atom is -0.0774 e. The molecule has 0 rings (SSSR count). The van der Waals surface area contributed by atoms with E-state index in [0.717, 1.165) is 5.92 Å². The molecule has 0 heterocycles. The Kier molecular flexibility index (Phi) is 4.62. The van der Waals surface area contributed by atoms with Gasteiger partial charge in [0.25, 0.3) is 0 Å². The van der Waals surface area contributed by atoms with Gasteiger partial charge in [-0.15, -0.1) is 0 Å². The number of unbranched alkanes of at least 4 members (excludes halogenated alkanes) is 1. The van der Waals surface area contributed by atoms with Crippen molar-refractivity contribution < 1.29 is 0 Å². The van der Waals surface area contributed by atoms with Crippen LogP contribution < -0.4 is 0 Å². The van der Waals surface area contributed by atoms with Gasteiger partial charge in [0.05, 0.1) is 0 Å². The zero-order valence-electron chi connectivity index (χ0n) is 10.7. The number of hydrogen-bond acceptors (Lipinski definition) is 0. The van der Waals surface area contributed by atoms with Gasteiger partial charge in [-0.3, -0.25) is 0 Å². The smallest absolute Gasteiger partial charge is 0.0774 e. The topological polar surface area (TPSA) is 0 Å². The normalized spacial score (nSPS) is 13.7. The number of hydrogen-bond donors (Lipinski definition) is 0. The summed E-state index contributed by atoms with van der Waals surface area (Å²) in [7, 11) is 4.82. The van der Waals surface area contributed by atoms with Crippen LogP contribution in [0.2, 0.25) is 5.21 Å². The van der Waals surface area contributed by atoms with Crippen LogP contribution in [0.1, 0.15) is 53.9 Å². The van der Waals surface area contributed by atoms with Crippen LogP contribution in [-0.2, 0) is 0 Å². The first-order chi connectivity index (χ1) is 5.75. The monoisotopic (exact) mass is 180 g/mol. The lowest BCUT2D eigenvalue weighted by atomic mass is 9.38. The second kappa shape index (κ2) is 4.57. The van der Waals surface area contributed by atoms with E-state index in [-0.39, 0.29) is 0 Å². The molecule has 0 N–H and O–H groups in total. The van der Waals surface area contributed by atoms with E-state index < -0.39 is 0 Å². The summed E-state index contributed by atoms with van der Waals surface area (Å²) < 4.78 is 0. The third kappa shape index (κ3) is 3.07. The van der Waals surface area contributed by atoms with Crippen molar-refractivity contribution in [3.8, 4) is 0 Å². The van der Waals surface area contributed by atoms with E-state index >= 15 is 0 Å². The van der Waals surface area contributed by atoms with Gasteiger partial charge in [0.1, 0.15) is 15.7 Å². The fourth-order valence-corrected chi connectivity index (χ4v) is 1.72. The first kappa shape index (κ1) is 13.1. The molecule has 0 aliphatic rings. The van der Waals surface area contributed by atoms with E-state index in [1.165, 1.54) is 19.3 Å². The largest absolute Gasteiger partial charge is 0.100 e. The molecule has 0 aliphatic carbocycles. The molecule has 76 valence electrons. The van der Waals surface area contributed by atoms with Crippen molar-refractivity contribution in [2.75, 3.05) is 0 Å². The zero-order chi connectivity index (χ0) is 10.7. The van der Waals surface area contributed by atoms with Crippen LogP contribution in [0.3, 0.4) is 0 Å². The van der Waals surface area contributed by atoms with E-state index in [2.05, 4.69) is 50.3 Å². The fraction of sp³-hybridized carbons (Fsp3) is 1.00. The van der Waals surface area contributed by atoms with Crippen molar-refractivity contribution >= 4 is 15.7 Å². The average molecular weight is 180 g/mol. The molecule has 0 saturated carbocycles. The van der Waals surface area contributed by atoms with Gasteiger partial charge in [-0.05, 0) is 11.8 Å². The molecule has 0 fully saturated rings. The summed E-state index contributed by atoms with van der Waals surface area (Å²) in [5.41, 5.74) is 0.469. The summed E-state index contributed by atoms with van der Waals surface area (Å²) in [6.45, 7) is 11.8. The maximum atomic E-state index is 2.42. The maximum absolute atomic E-state index is 2.42. The predicted octanol–water partition coefficient (Wildman–Crippen LogP) is 2.24. The van der Waals surface area contributed by atoms with Crippen molar-refractivity contribution in [3.05, 3.63) is 0 Å². The zero-order valence-corrected chi connectivity index (χ0v) is 10.7. The van der Waals surface area contributed by atoms with Crippen LogP contribution in [-0.4, -0.2) is 15.7 Å². The van der Waals surface area contributed by atoms with E-state index in [9.17, 15) is 0 Å². The fourth-order valence-electron chi connectivity index (χ4n) is 1.72. The predicted molar refractivity (Wildman–Crippen MR) is 67.9 cm³/mol. The minimum absolute atomic E-state index is 0.447.